The number of ether oxygens (including phenoxy) is 1. The first kappa shape index (κ1) is 14.7. The molecule has 4 heteroatoms. The van der Waals surface area contributed by atoms with Crippen molar-refractivity contribution in [1.29, 1.82) is 0 Å². The second kappa shape index (κ2) is 7.16. The van der Waals surface area contributed by atoms with Gasteiger partial charge in [0.25, 0.3) is 0 Å². The van der Waals surface area contributed by atoms with Crippen LogP contribution in [0, 0.1) is 5.92 Å². The van der Waals surface area contributed by atoms with Crippen molar-refractivity contribution in [2.24, 2.45) is 10.9 Å². The van der Waals surface area contributed by atoms with E-state index in [1.165, 1.54) is 18.2 Å². The summed E-state index contributed by atoms with van der Waals surface area (Å²) in [4.78, 5) is 4.22. The molecule has 22 heavy (non-hydrogen) atoms. The fourth-order valence-corrected chi connectivity index (χ4v) is 2.44. The van der Waals surface area contributed by atoms with Gasteiger partial charge in [0.2, 0.25) is 0 Å². The number of nitrogens with one attached hydrogen (secondary N) is 2. The molecular formula is C18H23N3O. The first-order chi connectivity index (χ1) is 10.9. The van der Waals surface area contributed by atoms with Crippen LogP contribution in [0.5, 0.6) is 5.75 Å². The van der Waals surface area contributed by atoms with Crippen molar-refractivity contribution in [3.8, 4) is 5.75 Å². The van der Waals surface area contributed by atoms with E-state index in [0.717, 1.165) is 36.1 Å². The fourth-order valence-electron chi connectivity index (χ4n) is 2.44. The summed E-state index contributed by atoms with van der Waals surface area (Å²) >= 11 is 0. The predicted molar refractivity (Wildman–Crippen MR) is 91.5 cm³/mol. The van der Waals surface area contributed by atoms with Gasteiger partial charge in [-0.25, -0.2) is 0 Å². The monoisotopic (exact) mass is 297 g/mol. The summed E-state index contributed by atoms with van der Waals surface area (Å²) in [6, 6.07) is 14.4. The van der Waals surface area contributed by atoms with Gasteiger partial charge in [-0.3, -0.25) is 4.99 Å². The third-order valence-electron chi connectivity index (χ3n) is 3.88. The summed E-state index contributed by atoms with van der Waals surface area (Å²) in [5, 5.41) is 8.99. The minimum absolute atomic E-state index is 0.609. The average molecular weight is 297 g/mol. The highest BCUT2D eigenvalue weighted by Gasteiger charge is 2.20. The Labute approximate surface area is 131 Å². The van der Waals surface area contributed by atoms with Crippen LogP contribution in [0.4, 0.5) is 0 Å². The Kier molecular flexibility index (Phi) is 4.78. The Morgan fingerprint density at radius 2 is 1.95 bits per heavy atom. The highest BCUT2D eigenvalue weighted by atomic mass is 16.5. The Morgan fingerprint density at radius 3 is 2.77 bits per heavy atom. The van der Waals surface area contributed by atoms with Crippen LogP contribution < -0.4 is 15.4 Å². The largest absolute Gasteiger partial charge is 0.491 e. The van der Waals surface area contributed by atoms with E-state index in [2.05, 4.69) is 33.8 Å². The second-order valence-electron chi connectivity index (χ2n) is 5.65. The van der Waals surface area contributed by atoms with Crippen LogP contribution in [0.15, 0.2) is 47.5 Å². The van der Waals surface area contributed by atoms with E-state index >= 15 is 0 Å². The number of hydrogen-bond donors (Lipinski definition) is 2. The molecule has 0 saturated heterocycles. The minimum Gasteiger partial charge on any atom is -0.491 e. The molecule has 1 saturated carbocycles. The van der Waals surface area contributed by atoms with Crippen molar-refractivity contribution in [3.63, 3.8) is 0 Å². The molecule has 1 aliphatic carbocycles. The number of guanidine groups is 1. The van der Waals surface area contributed by atoms with E-state index in [-0.39, 0.29) is 0 Å². The van der Waals surface area contributed by atoms with Crippen LogP contribution in [0.1, 0.15) is 12.8 Å². The SMILES string of the molecule is CN=C(NCCOc1cccc2ccccc12)NCC1CC1. The van der Waals surface area contributed by atoms with Crippen molar-refractivity contribution in [2.75, 3.05) is 26.7 Å². The van der Waals surface area contributed by atoms with E-state index in [9.17, 15) is 0 Å². The summed E-state index contributed by atoms with van der Waals surface area (Å²) in [5.41, 5.74) is 0. The third-order valence-corrected chi connectivity index (χ3v) is 3.88. The van der Waals surface area contributed by atoms with E-state index < -0.39 is 0 Å². The summed E-state index contributed by atoms with van der Waals surface area (Å²) in [7, 11) is 1.80. The molecule has 2 aromatic rings. The molecule has 0 amide bonds. The molecule has 0 atom stereocenters. The van der Waals surface area contributed by atoms with E-state index in [4.69, 9.17) is 4.74 Å². The topological polar surface area (TPSA) is 45.7 Å². The third kappa shape index (κ3) is 3.91. The van der Waals surface area contributed by atoms with Crippen LogP contribution >= 0.6 is 0 Å². The van der Waals surface area contributed by atoms with Gasteiger partial charge in [0.1, 0.15) is 12.4 Å². The Morgan fingerprint density at radius 1 is 1.14 bits per heavy atom. The molecule has 0 radical (unpaired) electrons. The lowest BCUT2D eigenvalue weighted by Gasteiger charge is -2.13. The van der Waals surface area contributed by atoms with Crippen molar-refractivity contribution < 1.29 is 4.74 Å². The second-order valence-corrected chi connectivity index (χ2v) is 5.65. The predicted octanol–water partition coefficient (Wildman–Crippen LogP) is 2.79. The molecule has 0 aromatic heterocycles. The van der Waals surface area contributed by atoms with Crippen molar-refractivity contribution in [1.82, 2.24) is 10.6 Å². The van der Waals surface area contributed by atoms with Gasteiger partial charge >= 0.3 is 0 Å². The van der Waals surface area contributed by atoms with Gasteiger partial charge in [-0.15, -0.1) is 0 Å². The van der Waals surface area contributed by atoms with E-state index in [1.54, 1.807) is 7.05 Å². The van der Waals surface area contributed by atoms with Crippen LogP contribution in [0.25, 0.3) is 10.8 Å². The highest BCUT2D eigenvalue weighted by Crippen LogP contribution is 2.27. The number of rotatable bonds is 6. The van der Waals surface area contributed by atoms with Crippen molar-refractivity contribution in [3.05, 3.63) is 42.5 Å². The Bertz CT molecular complexity index is 644. The Balaban J connectivity index is 1.47. The molecule has 0 bridgehead atoms. The quantitative estimate of drug-likeness (QED) is 0.489. The molecule has 1 fully saturated rings. The van der Waals surface area contributed by atoms with Gasteiger partial charge in [-0.05, 0) is 30.2 Å². The number of nitrogens with zero attached hydrogens (tertiary/aromatic N) is 1. The Hall–Kier alpha value is -2.23. The number of aliphatic imine (C=N–C) groups is 1. The summed E-state index contributed by atoms with van der Waals surface area (Å²) in [6.07, 6.45) is 2.68. The van der Waals surface area contributed by atoms with Gasteiger partial charge < -0.3 is 15.4 Å². The number of hydrogen-bond acceptors (Lipinski definition) is 2. The maximum absolute atomic E-state index is 5.91. The van der Waals surface area contributed by atoms with Crippen LogP contribution in [-0.4, -0.2) is 32.7 Å². The first-order valence-electron chi connectivity index (χ1n) is 7.92. The van der Waals surface area contributed by atoms with Crippen LogP contribution in [0.2, 0.25) is 0 Å². The number of benzene rings is 2. The molecule has 2 N–H and O–H groups in total. The van der Waals surface area contributed by atoms with Gasteiger partial charge in [0, 0.05) is 19.0 Å². The van der Waals surface area contributed by atoms with E-state index in [1.807, 2.05) is 24.3 Å². The minimum atomic E-state index is 0.609. The summed E-state index contributed by atoms with van der Waals surface area (Å²) in [5.74, 6) is 2.62. The summed E-state index contributed by atoms with van der Waals surface area (Å²) in [6.45, 7) is 2.36. The molecule has 4 nitrogen and oxygen atoms in total. The molecule has 0 heterocycles. The lowest BCUT2D eigenvalue weighted by atomic mass is 10.1. The number of fused-ring (bicyclic) bond motifs is 1. The lowest BCUT2D eigenvalue weighted by molar-refractivity contribution is 0.325. The standard InChI is InChI=1S/C18H23N3O/c1-19-18(21-13-14-9-10-14)20-11-12-22-17-8-4-6-15-5-2-3-7-16(15)17/h2-8,14H,9-13H2,1H3,(H2,19,20,21). The van der Waals surface area contributed by atoms with Crippen molar-refractivity contribution in [2.45, 2.75) is 12.8 Å². The van der Waals surface area contributed by atoms with E-state index in [0.29, 0.717) is 6.61 Å². The normalized spacial score (nSPS) is 14.9. The smallest absolute Gasteiger partial charge is 0.191 e. The van der Waals surface area contributed by atoms with Crippen LogP contribution in [-0.2, 0) is 0 Å². The van der Waals surface area contributed by atoms with Gasteiger partial charge in [0.15, 0.2) is 5.96 Å². The van der Waals surface area contributed by atoms with Gasteiger partial charge in [-0.2, -0.15) is 0 Å². The first-order valence-corrected chi connectivity index (χ1v) is 7.92. The molecule has 0 unspecified atom stereocenters. The van der Waals surface area contributed by atoms with Gasteiger partial charge in [0.05, 0.1) is 6.54 Å². The zero-order valence-electron chi connectivity index (χ0n) is 13.0. The van der Waals surface area contributed by atoms with Crippen LogP contribution in [0.3, 0.4) is 0 Å². The van der Waals surface area contributed by atoms with Gasteiger partial charge in [-0.1, -0.05) is 36.4 Å². The maximum Gasteiger partial charge on any atom is 0.191 e. The molecule has 1 aliphatic rings. The lowest BCUT2D eigenvalue weighted by Crippen LogP contribution is -2.40. The zero-order chi connectivity index (χ0) is 15.2. The molecule has 2 aromatic carbocycles. The zero-order valence-corrected chi connectivity index (χ0v) is 13.0. The summed E-state index contributed by atoms with van der Waals surface area (Å²) < 4.78 is 5.91. The fraction of sp³-hybridized carbons (Fsp3) is 0.389. The average Bonchev–Trinajstić information content (AvgIpc) is 3.38. The van der Waals surface area contributed by atoms with Crippen molar-refractivity contribution >= 4 is 16.7 Å². The highest BCUT2D eigenvalue weighted by molar-refractivity contribution is 5.88. The maximum atomic E-state index is 5.91. The molecule has 0 aliphatic heterocycles. The molecule has 116 valence electrons. The molecule has 3 rings (SSSR count). The molecule has 0 spiro atoms. The molecular weight excluding hydrogens is 274 g/mol.